The Hall–Kier alpha value is -3.93. The number of hydrogen-bond acceptors (Lipinski definition) is 6. The summed E-state index contributed by atoms with van der Waals surface area (Å²) in [6.07, 6.45) is 73.6. The zero-order valence-electron chi connectivity index (χ0n) is 43.4. The average molecular weight is 929 g/mol. The van der Waals surface area contributed by atoms with Crippen molar-refractivity contribution < 1.29 is 28.6 Å². The number of esters is 3. The fraction of sp³-hybridized carbons (Fsp3) is 0.656. The van der Waals surface area contributed by atoms with E-state index in [9.17, 15) is 14.4 Å². The molecule has 0 amide bonds. The van der Waals surface area contributed by atoms with Crippen LogP contribution in [0.1, 0.15) is 239 Å². The summed E-state index contributed by atoms with van der Waals surface area (Å²) in [5.74, 6) is -0.935. The van der Waals surface area contributed by atoms with Crippen molar-refractivity contribution in [2.45, 2.75) is 245 Å². The summed E-state index contributed by atoms with van der Waals surface area (Å²) in [6.45, 7) is 6.34. The van der Waals surface area contributed by atoms with Gasteiger partial charge in [0.2, 0.25) is 0 Å². The fourth-order valence-corrected chi connectivity index (χ4v) is 7.17. The van der Waals surface area contributed by atoms with Gasteiger partial charge >= 0.3 is 17.9 Å². The van der Waals surface area contributed by atoms with Crippen LogP contribution in [0.2, 0.25) is 0 Å². The van der Waals surface area contributed by atoms with E-state index in [-0.39, 0.29) is 31.1 Å². The van der Waals surface area contributed by atoms with Crippen molar-refractivity contribution in [3.63, 3.8) is 0 Å². The third kappa shape index (κ3) is 52.9. The van der Waals surface area contributed by atoms with Crippen LogP contribution in [0, 0.1) is 0 Å². The number of carbonyl (C=O) groups is 3. The van der Waals surface area contributed by atoms with Gasteiger partial charge in [-0.15, -0.1) is 0 Å². The van der Waals surface area contributed by atoms with Crippen molar-refractivity contribution in [3.8, 4) is 0 Å². The molecule has 0 saturated carbocycles. The molecule has 0 aromatic heterocycles. The third-order valence-corrected chi connectivity index (χ3v) is 11.2. The van der Waals surface area contributed by atoms with Crippen LogP contribution in [-0.4, -0.2) is 37.2 Å². The van der Waals surface area contributed by atoms with Gasteiger partial charge in [0.1, 0.15) is 13.2 Å². The maximum absolute atomic E-state index is 12.8. The van der Waals surface area contributed by atoms with Crippen LogP contribution in [0.25, 0.3) is 0 Å². The number of carbonyl (C=O) groups excluding carboxylic acids is 3. The van der Waals surface area contributed by atoms with Gasteiger partial charge in [0.15, 0.2) is 6.10 Å². The summed E-state index contributed by atoms with van der Waals surface area (Å²) in [6, 6.07) is 0. The molecular formula is C61H100O6. The van der Waals surface area contributed by atoms with Crippen molar-refractivity contribution in [2.75, 3.05) is 13.2 Å². The molecule has 0 aliphatic carbocycles. The zero-order valence-corrected chi connectivity index (χ0v) is 43.4. The second-order valence-electron chi connectivity index (χ2n) is 17.7. The molecule has 0 fully saturated rings. The molecule has 0 aliphatic heterocycles. The SMILES string of the molecule is CC/C=C\C/C=C\C/C=C\C/C=C\C/C=C\CCCCCCCCCC(=O)OCC(COC(=O)CCCCCCC/C=C\CCCC)OC(=O)CCCCCCC/C=C\C/C=C\C/C=C\CC. The lowest BCUT2D eigenvalue weighted by molar-refractivity contribution is -0.167. The van der Waals surface area contributed by atoms with E-state index in [4.69, 9.17) is 14.2 Å². The molecule has 0 heterocycles. The summed E-state index contributed by atoms with van der Waals surface area (Å²) in [5, 5.41) is 0. The Labute approximate surface area is 412 Å². The highest BCUT2D eigenvalue weighted by Gasteiger charge is 2.19. The monoisotopic (exact) mass is 929 g/mol. The van der Waals surface area contributed by atoms with Crippen molar-refractivity contribution in [1.29, 1.82) is 0 Å². The second kappa shape index (κ2) is 54.7. The predicted molar refractivity (Wildman–Crippen MR) is 288 cm³/mol. The number of allylic oxidation sites excluding steroid dienone is 18. The lowest BCUT2D eigenvalue weighted by Crippen LogP contribution is -2.30. The Kier molecular flexibility index (Phi) is 51.5. The van der Waals surface area contributed by atoms with Gasteiger partial charge in [0, 0.05) is 19.3 Å². The summed E-state index contributed by atoms with van der Waals surface area (Å²) in [4.78, 5) is 38.0. The Morgan fingerprint density at radius 2 is 0.582 bits per heavy atom. The largest absolute Gasteiger partial charge is 0.462 e. The van der Waals surface area contributed by atoms with Crippen molar-refractivity contribution in [1.82, 2.24) is 0 Å². The Morgan fingerprint density at radius 1 is 0.313 bits per heavy atom. The van der Waals surface area contributed by atoms with Crippen LogP contribution in [0.3, 0.4) is 0 Å². The molecule has 0 radical (unpaired) electrons. The van der Waals surface area contributed by atoms with Crippen LogP contribution < -0.4 is 0 Å². The molecule has 1 unspecified atom stereocenters. The number of hydrogen-bond donors (Lipinski definition) is 0. The first-order valence-corrected chi connectivity index (χ1v) is 27.4. The topological polar surface area (TPSA) is 78.9 Å². The molecule has 1 atom stereocenters. The maximum Gasteiger partial charge on any atom is 0.306 e. The van der Waals surface area contributed by atoms with E-state index in [1.54, 1.807) is 0 Å². The van der Waals surface area contributed by atoms with Crippen molar-refractivity contribution in [3.05, 3.63) is 109 Å². The smallest absolute Gasteiger partial charge is 0.306 e. The quantitative estimate of drug-likeness (QED) is 0.0262. The normalized spacial score (nSPS) is 12.9. The highest BCUT2D eigenvalue weighted by atomic mass is 16.6. The standard InChI is InChI=1S/C61H100O6/c1-4-7-10-13-16-19-22-24-26-27-28-29-30-31-32-33-35-36-39-42-45-48-51-54-60(63)66-57-58(56-65-59(62)53-50-47-44-41-38-21-18-15-12-9-6-3)67-61(64)55-52-49-46-43-40-37-34-25-23-20-17-14-11-8-5-2/h7-8,10-11,15-20,24-26,28-29,31-32,34,58H,4-6,9,12-14,21-23,27,30,33,35-57H2,1-3H3/b10-7-,11-8-,18-15-,19-16-,20-17-,26-24-,29-28-,32-31-,34-25-. The fourth-order valence-electron chi connectivity index (χ4n) is 7.17. The van der Waals surface area contributed by atoms with Crippen LogP contribution in [0.5, 0.6) is 0 Å². The molecule has 6 heteroatoms. The van der Waals surface area contributed by atoms with Crippen molar-refractivity contribution in [2.24, 2.45) is 0 Å². The molecule has 6 nitrogen and oxygen atoms in total. The summed E-state index contributed by atoms with van der Waals surface area (Å²) in [7, 11) is 0. The minimum absolute atomic E-state index is 0.0947. The van der Waals surface area contributed by atoms with Crippen LogP contribution in [0.4, 0.5) is 0 Å². The van der Waals surface area contributed by atoms with E-state index in [0.29, 0.717) is 19.3 Å². The Morgan fingerprint density at radius 3 is 0.925 bits per heavy atom. The summed E-state index contributed by atoms with van der Waals surface area (Å²) < 4.78 is 16.8. The van der Waals surface area contributed by atoms with Crippen LogP contribution in [-0.2, 0) is 28.6 Å². The van der Waals surface area contributed by atoms with E-state index in [2.05, 4.69) is 130 Å². The van der Waals surface area contributed by atoms with Gasteiger partial charge in [0.05, 0.1) is 0 Å². The predicted octanol–water partition coefficient (Wildman–Crippen LogP) is 18.3. The van der Waals surface area contributed by atoms with Gasteiger partial charge in [-0.2, -0.15) is 0 Å². The molecule has 0 aromatic rings. The minimum atomic E-state index is -0.796. The first-order chi connectivity index (χ1) is 33.0. The molecule has 380 valence electrons. The van der Waals surface area contributed by atoms with E-state index in [1.165, 1.54) is 51.4 Å². The van der Waals surface area contributed by atoms with E-state index >= 15 is 0 Å². The van der Waals surface area contributed by atoms with Gasteiger partial charge in [-0.1, -0.05) is 214 Å². The molecule has 67 heavy (non-hydrogen) atoms. The van der Waals surface area contributed by atoms with Crippen LogP contribution >= 0.6 is 0 Å². The van der Waals surface area contributed by atoms with Crippen molar-refractivity contribution >= 4 is 17.9 Å². The molecule has 0 aliphatic rings. The van der Waals surface area contributed by atoms with E-state index < -0.39 is 6.10 Å². The second-order valence-corrected chi connectivity index (χ2v) is 17.7. The van der Waals surface area contributed by atoms with Crippen LogP contribution in [0.15, 0.2) is 109 Å². The first kappa shape index (κ1) is 63.1. The first-order valence-electron chi connectivity index (χ1n) is 27.4. The van der Waals surface area contributed by atoms with E-state index in [0.717, 1.165) is 148 Å². The number of ether oxygens (including phenoxy) is 3. The van der Waals surface area contributed by atoms with Gasteiger partial charge < -0.3 is 14.2 Å². The summed E-state index contributed by atoms with van der Waals surface area (Å²) in [5.41, 5.74) is 0. The Bertz CT molecular complexity index is 1390. The lowest BCUT2D eigenvalue weighted by atomic mass is 10.1. The molecule has 0 rings (SSSR count). The number of rotatable bonds is 48. The minimum Gasteiger partial charge on any atom is -0.462 e. The average Bonchev–Trinajstić information content (AvgIpc) is 3.33. The molecular weight excluding hydrogens is 829 g/mol. The maximum atomic E-state index is 12.8. The van der Waals surface area contributed by atoms with Gasteiger partial charge in [-0.05, 0) is 116 Å². The van der Waals surface area contributed by atoms with Gasteiger partial charge in [0.25, 0.3) is 0 Å². The molecule has 0 N–H and O–H groups in total. The van der Waals surface area contributed by atoms with E-state index in [1.807, 2.05) is 0 Å². The Balaban J connectivity index is 4.38. The third-order valence-electron chi connectivity index (χ3n) is 11.2. The molecule has 0 bridgehead atoms. The zero-order chi connectivity index (χ0) is 48.6. The highest BCUT2D eigenvalue weighted by Crippen LogP contribution is 2.14. The number of unbranched alkanes of at least 4 members (excludes halogenated alkanes) is 19. The van der Waals surface area contributed by atoms with Gasteiger partial charge in [-0.3, -0.25) is 14.4 Å². The molecule has 0 spiro atoms. The van der Waals surface area contributed by atoms with Gasteiger partial charge in [-0.25, -0.2) is 0 Å². The lowest BCUT2D eigenvalue weighted by Gasteiger charge is -2.18. The molecule has 0 aromatic carbocycles. The molecule has 0 saturated heterocycles. The summed E-state index contributed by atoms with van der Waals surface area (Å²) >= 11 is 0. The highest BCUT2D eigenvalue weighted by molar-refractivity contribution is 5.71.